The van der Waals surface area contributed by atoms with Crippen molar-refractivity contribution in [2.75, 3.05) is 6.54 Å². The number of amides is 1. The molecule has 0 aliphatic carbocycles. The summed E-state index contributed by atoms with van der Waals surface area (Å²) in [5.74, 6) is 0.0371. The number of rotatable bonds is 9. The highest BCUT2D eigenvalue weighted by molar-refractivity contribution is 5.91. The van der Waals surface area contributed by atoms with Gasteiger partial charge in [-0.05, 0) is 29.5 Å². The molecule has 5 nitrogen and oxygen atoms in total. The molecule has 0 aliphatic heterocycles. The fourth-order valence-corrected chi connectivity index (χ4v) is 3.72. The molecule has 4 rings (SSSR count). The molecule has 0 spiro atoms. The Morgan fingerprint density at radius 3 is 2.03 bits per heavy atom. The maximum absolute atomic E-state index is 12.6. The first-order valence-corrected chi connectivity index (χ1v) is 10.6. The molecule has 0 aliphatic rings. The quantitative estimate of drug-likeness (QED) is 0.443. The van der Waals surface area contributed by atoms with Crippen molar-refractivity contribution < 1.29 is 4.79 Å². The minimum Gasteiger partial charge on any atom is -0.351 e. The van der Waals surface area contributed by atoms with Crippen molar-refractivity contribution in [2.24, 2.45) is 0 Å². The van der Waals surface area contributed by atoms with E-state index in [-0.39, 0.29) is 11.8 Å². The van der Waals surface area contributed by atoms with Crippen LogP contribution in [0.25, 0.3) is 0 Å². The average molecular weight is 411 g/mol. The predicted molar refractivity (Wildman–Crippen MR) is 122 cm³/mol. The minimum absolute atomic E-state index is 0.189. The lowest BCUT2D eigenvalue weighted by Crippen LogP contribution is -2.26. The number of nitrogens with one attached hydrogen (secondary N) is 1. The van der Waals surface area contributed by atoms with Gasteiger partial charge in [0.1, 0.15) is 0 Å². The molecule has 0 bridgehead atoms. The molecule has 3 aromatic carbocycles. The number of nitrogens with zero attached hydrogens (tertiary/aromatic N) is 3. The predicted octanol–water partition coefficient (Wildman–Crippen LogP) is 4.47. The van der Waals surface area contributed by atoms with Gasteiger partial charge in [-0.25, -0.2) is 0 Å². The lowest BCUT2D eigenvalue weighted by Gasteiger charge is -2.18. The second-order valence-corrected chi connectivity index (χ2v) is 7.52. The molecule has 1 heterocycles. The summed E-state index contributed by atoms with van der Waals surface area (Å²) in [7, 11) is 0. The molecule has 0 saturated carbocycles. The zero-order valence-corrected chi connectivity index (χ0v) is 17.4. The van der Waals surface area contributed by atoms with E-state index in [1.807, 2.05) is 30.3 Å². The fraction of sp³-hybridized carbons (Fsp3) is 0.192. The molecule has 156 valence electrons. The minimum atomic E-state index is -0.189. The van der Waals surface area contributed by atoms with Gasteiger partial charge in [0.2, 0.25) is 0 Å². The first-order valence-electron chi connectivity index (χ1n) is 10.6. The molecular weight excluding hydrogens is 384 g/mol. The van der Waals surface area contributed by atoms with Gasteiger partial charge >= 0.3 is 0 Å². The molecule has 0 fully saturated rings. The summed E-state index contributed by atoms with van der Waals surface area (Å²) in [6.45, 7) is 1.25. The largest absolute Gasteiger partial charge is 0.351 e. The number of carbonyl (C=O) groups excluding carboxylic acids is 1. The second kappa shape index (κ2) is 10.3. The van der Waals surface area contributed by atoms with Gasteiger partial charge in [-0.15, -0.1) is 5.10 Å². The molecule has 4 aromatic rings. The number of carbonyl (C=O) groups is 1. The van der Waals surface area contributed by atoms with Crippen LogP contribution in [0.4, 0.5) is 0 Å². The van der Waals surface area contributed by atoms with Crippen molar-refractivity contribution in [2.45, 2.75) is 25.3 Å². The smallest absolute Gasteiger partial charge is 0.273 e. The van der Waals surface area contributed by atoms with Gasteiger partial charge in [0, 0.05) is 19.0 Å². The average Bonchev–Trinajstić information content (AvgIpc) is 3.31. The Morgan fingerprint density at radius 2 is 1.42 bits per heavy atom. The molecule has 1 aromatic heterocycles. The summed E-state index contributed by atoms with van der Waals surface area (Å²) in [5, 5.41) is 11.1. The van der Waals surface area contributed by atoms with Crippen LogP contribution in [-0.4, -0.2) is 27.4 Å². The third-order valence-electron chi connectivity index (χ3n) is 5.37. The lowest BCUT2D eigenvalue weighted by molar-refractivity contribution is 0.0947. The maximum atomic E-state index is 12.6. The van der Waals surface area contributed by atoms with Gasteiger partial charge in [0.25, 0.3) is 5.91 Å². The third kappa shape index (κ3) is 5.66. The normalized spacial score (nSPS) is 10.9. The van der Waals surface area contributed by atoms with E-state index in [1.165, 1.54) is 16.7 Å². The molecule has 1 amide bonds. The Hall–Kier alpha value is -3.73. The summed E-state index contributed by atoms with van der Waals surface area (Å²) in [5.41, 5.74) is 4.07. The summed E-state index contributed by atoms with van der Waals surface area (Å²) >= 11 is 0. The van der Waals surface area contributed by atoms with Gasteiger partial charge in [-0.1, -0.05) is 96.2 Å². The van der Waals surface area contributed by atoms with Crippen molar-refractivity contribution in [3.63, 3.8) is 0 Å². The highest BCUT2D eigenvalue weighted by Crippen LogP contribution is 2.27. The van der Waals surface area contributed by atoms with Crippen LogP contribution in [0.5, 0.6) is 0 Å². The zero-order valence-electron chi connectivity index (χ0n) is 17.4. The van der Waals surface area contributed by atoms with Crippen molar-refractivity contribution in [3.8, 4) is 0 Å². The standard InChI is InChI=1S/C26H26N4O/c31-26(25-20-30(29-28-25)19-17-21-10-4-1-5-11-21)27-18-16-24(22-12-6-2-7-13-22)23-14-8-3-9-15-23/h1-15,20,24H,16-19H2,(H,27,31). The Kier molecular flexibility index (Phi) is 6.85. The van der Waals surface area contributed by atoms with Gasteiger partial charge < -0.3 is 5.32 Å². The second-order valence-electron chi connectivity index (χ2n) is 7.52. The number of benzene rings is 3. The molecule has 5 heteroatoms. The van der Waals surface area contributed by atoms with E-state index in [1.54, 1.807) is 10.9 Å². The number of aryl methyl sites for hydroxylation is 2. The van der Waals surface area contributed by atoms with Crippen LogP contribution in [-0.2, 0) is 13.0 Å². The van der Waals surface area contributed by atoms with E-state index in [9.17, 15) is 4.79 Å². The van der Waals surface area contributed by atoms with Crippen molar-refractivity contribution in [3.05, 3.63) is 120 Å². The maximum Gasteiger partial charge on any atom is 0.273 e. The van der Waals surface area contributed by atoms with E-state index in [0.29, 0.717) is 18.8 Å². The number of aromatic nitrogens is 3. The van der Waals surface area contributed by atoms with Crippen LogP contribution in [0.15, 0.2) is 97.2 Å². The van der Waals surface area contributed by atoms with Crippen LogP contribution in [0.3, 0.4) is 0 Å². The summed E-state index contributed by atoms with van der Waals surface area (Å²) in [6, 6.07) is 31.0. The highest BCUT2D eigenvalue weighted by Gasteiger charge is 2.15. The van der Waals surface area contributed by atoms with Gasteiger partial charge in [-0.2, -0.15) is 0 Å². The Bertz CT molecular complexity index is 1040. The monoisotopic (exact) mass is 410 g/mol. The highest BCUT2D eigenvalue weighted by atomic mass is 16.2. The Morgan fingerprint density at radius 1 is 0.839 bits per heavy atom. The van der Waals surface area contributed by atoms with E-state index in [4.69, 9.17) is 0 Å². The van der Waals surface area contributed by atoms with Gasteiger partial charge in [0.15, 0.2) is 5.69 Å². The number of hydrogen-bond donors (Lipinski definition) is 1. The van der Waals surface area contributed by atoms with Crippen molar-refractivity contribution in [1.82, 2.24) is 20.3 Å². The van der Waals surface area contributed by atoms with E-state index < -0.39 is 0 Å². The van der Waals surface area contributed by atoms with Crippen LogP contribution in [0, 0.1) is 0 Å². The molecule has 31 heavy (non-hydrogen) atoms. The molecule has 0 unspecified atom stereocenters. The van der Waals surface area contributed by atoms with Crippen LogP contribution in [0.1, 0.15) is 39.5 Å². The van der Waals surface area contributed by atoms with E-state index in [0.717, 1.165) is 12.8 Å². The number of hydrogen-bond acceptors (Lipinski definition) is 3. The molecule has 0 saturated heterocycles. The first-order chi connectivity index (χ1) is 15.3. The lowest BCUT2D eigenvalue weighted by atomic mass is 9.88. The SMILES string of the molecule is O=C(NCCC(c1ccccc1)c1ccccc1)c1cn(CCc2ccccc2)nn1. The fourth-order valence-electron chi connectivity index (χ4n) is 3.72. The van der Waals surface area contributed by atoms with Crippen molar-refractivity contribution in [1.29, 1.82) is 0 Å². The molecular formula is C26H26N4O. The van der Waals surface area contributed by atoms with Gasteiger partial charge in [0.05, 0.1) is 6.20 Å². The zero-order chi connectivity index (χ0) is 21.3. The Labute approximate surface area is 182 Å². The first kappa shape index (κ1) is 20.5. The topological polar surface area (TPSA) is 59.8 Å². The van der Waals surface area contributed by atoms with E-state index >= 15 is 0 Å². The third-order valence-corrected chi connectivity index (χ3v) is 5.37. The summed E-state index contributed by atoms with van der Waals surface area (Å²) < 4.78 is 1.72. The van der Waals surface area contributed by atoms with Crippen LogP contribution >= 0.6 is 0 Å². The summed E-state index contributed by atoms with van der Waals surface area (Å²) in [6.07, 6.45) is 3.37. The Balaban J connectivity index is 1.33. The molecule has 0 radical (unpaired) electrons. The summed E-state index contributed by atoms with van der Waals surface area (Å²) in [4.78, 5) is 12.6. The van der Waals surface area contributed by atoms with E-state index in [2.05, 4.69) is 76.3 Å². The molecule has 1 N–H and O–H groups in total. The molecule has 0 atom stereocenters. The van der Waals surface area contributed by atoms with Crippen LogP contribution in [0.2, 0.25) is 0 Å². The van der Waals surface area contributed by atoms with Crippen molar-refractivity contribution >= 4 is 5.91 Å². The van der Waals surface area contributed by atoms with Crippen LogP contribution < -0.4 is 5.32 Å². The van der Waals surface area contributed by atoms with Gasteiger partial charge in [-0.3, -0.25) is 9.48 Å².